The van der Waals surface area contributed by atoms with Gasteiger partial charge in [-0.05, 0) is 32.0 Å². The van der Waals surface area contributed by atoms with Crippen LogP contribution in [0.5, 0.6) is 0 Å². The van der Waals surface area contributed by atoms with Crippen LogP contribution in [0.3, 0.4) is 0 Å². The molecule has 0 aromatic carbocycles. The molecular formula is C15H24ClN3. The fourth-order valence-electron chi connectivity index (χ4n) is 2.79. The minimum absolute atomic E-state index is 0.624. The molecule has 0 saturated heterocycles. The highest BCUT2D eigenvalue weighted by atomic mass is 35.5. The average molecular weight is 282 g/mol. The Morgan fingerprint density at radius 1 is 1.26 bits per heavy atom. The standard InChI is InChI=1S/C15H24ClN3/c1-17-11-14-13(16)9-10-15(18-14)19(2)12-7-5-3-4-6-8-12/h9-10,12,17H,3-8,11H2,1-2H3. The molecule has 1 saturated carbocycles. The first-order valence-electron chi connectivity index (χ1n) is 7.25. The summed E-state index contributed by atoms with van der Waals surface area (Å²) in [6.45, 7) is 0.713. The molecule has 0 radical (unpaired) electrons. The van der Waals surface area contributed by atoms with Gasteiger partial charge in [-0.1, -0.05) is 37.3 Å². The summed E-state index contributed by atoms with van der Waals surface area (Å²) in [5, 5.41) is 3.86. The number of rotatable bonds is 4. The second-order valence-corrected chi connectivity index (χ2v) is 5.79. The number of hydrogen-bond donors (Lipinski definition) is 1. The van der Waals surface area contributed by atoms with Crippen LogP contribution in [-0.4, -0.2) is 25.1 Å². The lowest BCUT2D eigenvalue weighted by atomic mass is 10.1. The van der Waals surface area contributed by atoms with Gasteiger partial charge < -0.3 is 10.2 Å². The SMILES string of the molecule is CNCc1nc(N(C)C2CCCCCC2)ccc1Cl. The lowest BCUT2D eigenvalue weighted by Crippen LogP contribution is -2.32. The molecule has 2 rings (SSSR count). The fraction of sp³-hybridized carbons (Fsp3) is 0.667. The van der Waals surface area contributed by atoms with Crippen LogP contribution in [-0.2, 0) is 6.54 Å². The fourth-order valence-corrected chi connectivity index (χ4v) is 2.96. The molecule has 0 bridgehead atoms. The summed E-state index contributed by atoms with van der Waals surface area (Å²) < 4.78 is 0. The van der Waals surface area contributed by atoms with Crippen molar-refractivity contribution in [3.63, 3.8) is 0 Å². The normalized spacial score (nSPS) is 17.2. The number of nitrogens with one attached hydrogen (secondary N) is 1. The van der Waals surface area contributed by atoms with Gasteiger partial charge in [0.05, 0.1) is 10.7 Å². The molecule has 0 amide bonds. The largest absolute Gasteiger partial charge is 0.357 e. The van der Waals surface area contributed by atoms with E-state index >= 15 is 0 Å². The van der Waals surface area contributed by atoms with Crippen LogP contribution < -0.4 is 10.2 Å². The van der Waals surface area contributed by atoms with Crippen molar-refractivity contribution in [1.29, 1.82) is 0 Å². The number of nitrogens with zero attached hydrogens (tertiary/aromatic N) is 2. The second-order valence-electron chi connectivity index (χ2n) is 5.38. The van der Waals surface area contributed by atoms with Crippen molar-refractivity contribution in [2.24, 2.45) is 0 Å². The van der Waals surface area contributed by atoms with Gasteiger partial charge in [0.2, 0.25) is 0 Å². The lowest BCUT2D eigenvalue weighted by Gasteiger charge is -2.28. The van der Waals surface area contributed by atoms with Crippen molar-refractivity contribution in [3.05, 3.63) is 22.8 Å². The van der Waals surface area contributed by atoms with E-state index in [1.54, 1.807) is 0 Å². The molecule has 19 heavy (non-hydrogen) atoms. The van der Waals surface area contributed by atoms with Crippen molar-refractivity contribution in [3.8, 4) is 0 Å². The Labute approximate surface area is 121 Å². The Morgan fingerprint density at radius 3 is 2.58 bits per heavy atom. The third kappa shape index (κ3) is 3.83. The minimum atomic E-state index is 0.624. The van der Waals surface area contributed by atoms with Crippen LogP contribution in [0, 0.1) is 0 Å². The van der Waals surface area contributed by atoms with Crippen molar-refractivity contribution in [2.75, 3.05) is 19.0 Å². The number of halogens is 1. The Morgan fingerprint density at radius 2 is 1.95 bits per heavy atom. The molecule has 106 valence electrons. The topological polar surface area (TPSA) is 28.2 Å². The van der Waals surface area contributed by atoms with Gasteiger partial charge in [0.1, 0.15) is 5.82 Å². The molecule has 1 heterocycles. The summed E-state index contributed by atoms with van der Waals surface area (Å²) >= 11 is 6.17. The highest BCUT2D eigenvalue weighted by Gasteiger charge is 2.18. The molecule has 0 spiro atoms. The number of anilines is 1. The summed E-state index contributed by atoms with van der Waals surface area (Å²) in [7, 11) is 4.08. The van der Waals surface area contributed by atoms with Gasteiger partial charge >= 0.3 is 0 Å². The molecule has 0 aliphatic heterocycles. The van der Waals surface area contributed by atoms with E-state index < -0.39 is 0 Å². The summed E-state index contributed by atoms with van der Waals surface area (Å²) in [5.74, 6) is 1.04. The summed E-state index contributed by atoms with van der Waals surface area (Å²) in [6, 6.07) is 4.62. The van der Waals surface area contributed by atoms with Crippen LogP contribution in [0.1, 0.15) is 44.2 Å². The predicted molar refractivity (Wildman–Crippen MR) is 81.9 cm³/mol. The monoisotopic (exact) mass is 281 g/mol. The van der Waals surface area contributed by atoms with E-state index in [9.17, 15) is 0 Å². The molecule has 1 aliphatic rings. The smallest absolute Gasteiger partial charge is 0.128 e. The molecule has 3 nitrogen and oxygen atoms in total. The van der Waals surface area contributed by atoms with E-state index in [2.05, 4.69) is 17.3 Å². The van der Waals surface area contributed by atoms with Crippen molar-refractivity contribution in [2.45, 2.75) is 51.1 Å². The first-order chi connectivity index (χ1) is 9.22. The van der Waals surface area contributed by atoms with Crippen LogP contribution >= 0.6 is 11.6 Å². The van der Waals surface area contributed by atoms with Crippen LogP contribution in [0.2, 0.25) is 5.02 Å². The maximum absolute atomic E-state index is 6.17. The Balaban J connectivity index is 2.13. The molecular weight excluding hydrogens is 258 g/mol. The first kappa shape index (κ1) is 14.6. The Kier molecular flexibility index (Phi) is 5.46. The third-order valence-corrected chi connectivity index (χ3v) is 4.33. The first-order valence-corrected chi connectivity index (χ1v) is 7.63. The molecule has 0 atom stereocenters. The van der Waals surface area contributed by atoms with Crippen LogP contribution in [0.4, 0.5) is 5.82 Å². The molecule has 1 N–H and O–H groups in total. The van der Waals surface area contributed by atoms with Crippen LogP contribution in [0.15, 0.2) is 12.1 Å². The Bertz CT molecular complexity index is 400. The number of hydrogen-bond acceptors (Lipinski definition) is 3. The molecule has 4 heteroatoms. The number of pyridine rings is 1. The van der Waals surface area contributed by atoms with Gasteiger partial charge in [0.15, 0.2) is 0 Å². The number of aromatic nitrogens is 1. The molecule has 1 aliphatic carbocycles. The van der Waals surface area contributed by atoms with Gasteiger partial charge in [-0.2, -0.15) is 0 Å². The predicted octanol–water partition coefficient (Wildman–Crippen LogP) is 3.61. The summed E-state index contributed by atoms with van der Waals surface area (Å²) in [5.41, 5.74) is 0.933. The quantitative estimate of drug-likeness (QED) is 0.855. The highest BCUT2D eigenvalue weighted by Crippen LogP contribution is 2.26. The van der Waals surface area contributed by atoms with E-state index in [0.717, 1.165) is 16.5 Å². The van der Waals surface area contributed by atoms with Gasteiger partial charge in [-0.3, -0.25) is 0 Å². The van der Waals surface area contributed by atoms with E-state index in [1.165, 1.54) is 38.5 Å². The van der Waals surface area contributed by atoms with E-state index in [0.29, 0.717) is 12.6 Å². The molecule has 0 unspecified atom stereocenters. The Hall–Kier alpha value is -0.800. The van der Waals surface area contributed by atoms with Crippen molar-refractivity contribution >= 4 is 17.4 Å². The third-order valence-electron chi connectivity index (χ3n) is 3.98. The maximum Gasteiger partial charge on any atom is 0.128 e. The molecule has 1 fully saturated rings. The van der Waals surface area contributed by atoms with E-state index in [-0.39, 0.29) is 0 Å². The van der Waals surface area contributed by atoms with Crippen LogP contribution in [0.25, 0.3) is 0 Å². The second kappa shape index (κ2) is 7.11. The highest BCUT2D eigenvalue weighted by molar-refractivity contribution is 6.31. The van der Waals surface area contributed by atoms with Crippen molar-refractivity contribution in [1.82, 2.24) is 10.3 Å². The maximum atomic E-state index is 6.17. The van der Waals surface area contributed by atoms with Crippen molar-refractivity contribution < 1.29 is 0 Å². The minimum Gasteiger partial charge on any atom is -0.357 e. The molecule has 1 aromatic rings. The zero-order chi connectivity index (χ0) is 13.7. The molecule has 1 aromatic heterocycles. The van der Waals surface area contributed by atoms with Gasteiger partial charge in [0.25, 0.3) is 0 Å². The van der Waals surface area contributed by atoms with Gasteiger partial charge in [-0.15, -0.1) is 0 Å². The summed E-state index contributed by atoms with van der Waals surface area (Å²) in [6.07, 6.45) is 8.00. The zero-order valence-corrected chi connectivity index (χ0v) is 12.7. The zero-order valence-electron chi connectivity index (χ0n) is 12.0. The summed E-state index contributed by atoms with van der Waals surface area (Å²) in [4.78, 5) is 7.03. The van der Waals surface area contributed by atoms with Gasteiger partial charge in [-0.25, -0.2) is 4.98 Å². The van der Waals surface area contributed by atoms with E-state index in [4.69, 9.17) is 16.6 Å². The van der Waals surface area contributed by atoms with Gasteiger partial charge in [0, 0.05) is 19.6 Å². The lowest BCUT2D eigenvalue weighted by molar-refractivity contribution is 0.548. The van der Waals surface area contributed by atoms with E-state index in [1.807, 2.05) is 19.2 Å². The average Bonchev–Trinajstić information content (AvgIpc) is 2.69.